The van der Waals surface area contributed by atoms with Gasteiger partial charge in [-0.25, -0.2) is 0 Å². The maximum atomic E-state index is 12.3. The van der Waals surface area contributed by atoms with Gasteiger partial charge in [-0.3, -0.25) is 9.69 Å². The summed E-state index contributed by atoms with van der Waals surface area (Å²) in [6.07, 6.45) is 2.12. The minimum Gasteiger partial charge on any atom is -0.324 e. The minimum atomic E-state index is 0.101. The molecule has 1 amide bonds. The number of hydrogen-bond acceptors (Lipinski definition) is 3. The van der Waals surface area contributed by atoms with Gasteiger partial charge in [0.1, 0.15) is 0 Å². The smallest absolute Gasteiger partial charge is 0.238 e. The molecular formula is C17H27N3O. The summed E-state index contributed by atoms with van der Waals surface area (Å²) in [7, 11) is 1.99. The molecule has 116 valence electrons. The normalized spacial score (nSPS) is 18.9. The number of likely N-dealkylation sites (tertiary alicyclic amines) is 1. The van der Waals surface area contributed by atoms with Gasteiger partial charge in [-0.2, -0.15) is 0 Å². The SMILES string of the molecule is CCc1cccc(C)c1NC(=O)CN1CCC(CNC)C1. The molecule has 0 spiro atoms. The molecule has 21 heavy (non-hydrogen) atoms. The second-order valence-corrected chi connectivity index (χ2v) is 5.96. The van der Waals surface area contributed by atoms with Gasteiger partial charge in [-0.1, -0.05) is 25.1 Å². The standard InChI is InChI=1S/C17H27N3O/c1-4-15-7-5-6-13(2)17(15)19-16(21)12-20-9-8-14(11-20)10-18-3/h5-7,14,18H,4,8-12H2,1-3H3,(H,19,21). The lowest BCUT2D eigenvalue weighted by molar-refractivity contribution is -0.117. The van der Waals surface area contributed by atoms with Crippen LogP contribution in [-0.4, -0.2) is 44.0 Å². The predicted molar refractivity (Wildman–Crippen MR) is 87.7 cm³/mol. The van der Waals surface area contributed by atoms with Crippen LogP contribution >= 0.6 is 0 Å². The molecule has 4 heteroatoms. The van der Waals surface area contributed by atoms with Crippen LogP contribution in [0.5, 0.6) is 0 Å². The number of rotatable bonds is 6. The highest BCUT2D eigenvalue weighted by Crippen LogP contribution is 2.21. The first-order chi connectivity index (χ1) is 10.1. The number of aryl methyl sites for hydroxylation is 2. The molecule has 2 N–H and O–H groups in total. The van der Waals surface area contributed by atoms with Crippen LogP contribution in [0.3, 0.4) is 0 Å². The van der Waals surface area contributed by atoms with Crippen LogP contribution in [0.25, 0.3) is 0 Å². The number of para-hydroxylation sites is 1. The van der Waals surface area contributed by atoms with E-state index in [0.29, 0.717) is 12.5 Å². The molecule has 2 rings (SSSR count). The average Bonchev–Trinajstić information content (AvgIpc) is 2.88. The van der Waals surface area contributed by atoms with Gasteiger partial charge in [0.15, 0.2) is 0 Å². The van der Waals surface area contributed by atoms with Gasteiger partial charge < -0.3 is 10.6 Å². The predicted octanol–water partition coefficient (Wildman–Crippen LogP) is 2.04. The Morgan fingerprint density at radius 3 is 2.95 bits per heavy atom. The fourth-order valence-corrected chi connectivity index (χ4v) is 3.10. The van der Waals surface area contributed by atoms with Crippen LogP contribution in [0.4, 0.5) is 5.69 Å². The first-order valence-corrected chi connectivity index (χ1v) is 7.89. The zero-order valence-electron chi connectivity index (χ0n) is 13.4. The molecule has 0 radical (unpaired) electrons. The van der Waals surface area contributed by atoms with Gasteiger partial charge in [-0.05, 0) is 56.9 Å². The molecule has 0 saturated carbocycles. The van der Waals surface area contributed by atoms with E-state index in [4.69, 9.17) is 0 Å². The zero-order chi connectivity index (χ0) is 15.2. The lowest BCUT2D eigenvalue weighted by atomic mass is 10.1. The van der Waals surface area contributed by atoms with Gasteiger partial charge in [-0.15, -0.1) is 0 Å². The Morgan fingerprint density at radius 1 is 1.43 bits per heavy atom. The van der Waals surface area contributed by atoms with Gasteiger partial charge in [0.25, 0.3) is 0 Å². The van der Waals surface area contributed by atoms with E-state index in [9.17, 15) is 4.79 Å². The van der Waals surface area contributed by atoms with E-state index >= 15 is 0 Å². The summed E-state index contributed by atoms with van der Waals surface area (Å²) in [4.78, 5) is 14.5. The van der Waals surface area contributed by atoms with E-state index in [0.717, 1.165) is 37.3 Å². The maximum Gasteiger partial charge on any atom is 0.238 e. The van der Waals surface area contributed by atoms with Crippen LogP contribution in [0, 0.1) is 12.8 Å². The maximum absolute atomic E-state index is 12.3. The summed E-state index contributed by atoms with van der Waals surface area (Å²) in [6.45, 7) is 7.74. The van der Waals surface area contributed by atoms with Crippen LogP contribution < -0.4 is 10.6 Å². The topological polar surface area (TPSA) is 44.4 Å². The molecule has 1 aromatic rings. The van der Waals surface area contributed by atoms with E-state index in [1.165, 1.54) is 12.0 Å². The molecule has 1 saturated heterocycles. The number of benzene rings is 1. The molecule has 0 aromatic heterocycles. The van der Waals surface area contributed by atoms with E-state index in [1.54, 1.807) is 0 Å². The third-order valence-corrected chi connectivity index (χ3v) is 4.23. The quantitative estimate of drug-likeness (QED) is 0.842. The van der Waals surface area contributed by atoms with Crippen molar-refractivity contribution in [2.45, 2.75) is 26.7 Å². The molecule has 1 unspecified atom stereocenters. The molecule has 1 aromatic carbocycles. The Morgan fingerprint density at radius 2 is 2.24 bits per heavy atom. The molecule has 0 aliphatic carbocycles. The van der Waals surface area contributed by atoms with Crippen molar-refractivity contribution in [2.24, 2.45) is 5.92 Å². The van der Waals surface area contributed by atoms with E-state index < -0.39 is 0 Å². The first kappa shape index (κ1) is 16.0. The summed E-state index contributed by atoms with van der Waals surface area (Å²) in [6, 6.07) is 6.18. The molecule has 1 fully saturated rings. The molecule has 1 atom stereocenters. The molecule has 4 nitrogen and oxygen atoms in total. The van der Waals surface area contributed by atoms with Gasteiger partial charge in [0.05, 0.1) is 6.54 Å². The highest BCUT2D eigenvalue weighted by Gasteiger charge is 2.23. The highest BCUT2D eigenvalue weighted by atomic mass is 16.2. The molecule has 1 aliphatic rings. The Bertz CT molecular complexity index is 487. The number of carbonyl (C=O) groups is 1. The van der Waals surface area contributed by atoms with Crippen molar-refractivity contribution >= 4 is 11.6 Å². The van der Waals surface area contributed by atoms with Gasteiger partial charge in [0.2, 0.25) is 5.91 Å². The van der Waals surface area contributed by atoms with Crippen molar-refractivity contribution in [3.05, 3.63) is 29.3 Å². The van der Waals surface area contributed by atoms with Crippen molar-refractivity contribution in [3.8, 4) is 0 Å². The fourth-order valence-electron chi connectivity index (χ4n) is 3.10. The summed E-state index contributed by atoms with van der Waals surface area (Å²) >= 11 is 0. The van der Waals surface area contributed by atoms with Crippen molar-refractivity contribution in [1.29, 1.82) is 0 Å². The first-order valence-electron chi connectivity index (χ1n) is 7.89. The van der Waals surface area contributed by atoms with Crippen molar-refractivity contribution in [3.63, 3.8) is 0 Å². The van der Waals surface area contributed by atoms with Crippen molar-refractivity contribution < 1.29 is 4.79 Å². The summed E-state index contributed by atoms with van der Waals surface area (Å²) in [5, 5.41) is 6.33. The summed E-state index contributed by atoms with van der Waals surface area (Å²) < 4.78 is 0. The van der Waals surface area contributed by atoms with E-state index in [2.05, 4.69) is 28.5 Å². The molecular weight excluding hydrogens is 262 g/mol. The van der Waals surface area contributed by atoms with E-state index in [-0.39, 0.29) is 5.91 Å². The lowest BCUT2D eigenvalue weighted by Gasteiger charge is -2.18. The largest absolute Gasteiger partial charge is 0.324 e. The molecule has 0 bridgehead atoms. The second kappa shape index (κ2) is 7.57. The lowest BCUT2D eigenvalue weighted by Crippen LogP contribution is -2.33. The summed E-state index contributed by atoms with van der Waals surface area (Å²) in [5.41, 5.74) is 3.34. The zero-order valence-corrected chi connectivity index (χ0v) is 13.4. The highest BCUT2D eigenvalue weighted by molar-refractivity contribution is 5.93. The second-order valence-electron chi connectivity index (χ2n) is 5.96. The third kappa shape index (κ3) is 4.29. The van der Waals surface area contributed by atoms with Crippen LogP contribution in [0.15, 0.2) is 18.2 Å². The Hall–Kier alpha value is -1.39. The monoisotopic (exact) mass is 289 g/mol. The molecule has 1 heterocycles. The fraction of sp³-hybridized carbons (Fsp3) is 0.588. The van der Waals surface area contributed by atoms with Gasteiger partial charge in [0, 0.05) is 12.2 Å². The Balaban J connectivity index is 1.91. The number of anilines is 1. The van der Waals surface area contributed by atoms with Crippen LogP contribution in [0.2, 0.25) is 0 Å². The van der Waals surface area contributed by atoms with E-state index in [1.807, 2.05) is 26.1 Å². The number of hydrogen-bond donors (Lipinski definition) is 2. The number of carbonyl (C=O) groups excluding carboxylic acids is 1. The molecule has 1 aliphatic heterocycles. The summed E-state index contributed by atoms with van der Waals surface area (Å²) in [5.74, 6) is 0.775. The van der Waals surface area contributed by atoms with Crippen LogP contribution in [-0.2, 0) is 11.2 Å². The third-order valence-electron chi connectivity index (χ3n) is 4.23. The number of nitrogens with zero attached hydrogens (tertiary/aromatic N) is 1. The Labute approximate surface area is 127 Å². The Kier molecular flexibility index (Phi) is 5.76. The average molecular weight is 289 g/mol. The number of amides is 1. The minimum absolute atomic E-state index is 0.101. The van der Waals surface area contributed by atoms with Crippen molar-refractivity contribution in [2.75, 3.05) is 38.5 Å². The number of nitrogens with one attached hydrogen (secondary N) is 2. The van der Waals surface area contributed by atoms with Crippen molar-refractivity contribution in [1.82, 2.24) is 10.2 Å². The van der Waals surface area contributed by atoms with Gasteiger partial charge >= 0.3 is 0 Å². The van der Waals surface area contributed by atoms with Crippen LogP contribution in [0.1, 0.15) is 24.5 Å².